The highest BCUT2D eigenvalue weighted by Crippen LogP contribution is 2.26. The third-order valence-electron chi connectivity index (χ3n) is 1.32. The van der Waals surface area contributed by atoms with Crippen LogP contribution in [0.3, 0.4) is 0 Å². The standard InChI is InChI=1S/C4H9ClN2/c1-3-4(6-2)7(3)5/h3-4,6H,1-2H3. The van der Waals surface area contributed by atoms with Gasteiger partial charge in [-0.25, -0.2) is 0 Å². The Kier molecular flexibility index (Phi) is 1.24. The molecule has 1 N–H and O–H groups in total. The molecule has 0 aromatic rings. The molecular formula is C4H9ClN2. The lowest BCUT2D eigenvalue weighted by molar-refractivity contribution is 0.687. The molecule has 1 fully saturated rings. The number of hydrogen-bond donors (Lipinski definition) is 1. The van der Waals surface area contributed by atoms with Gasteiger partial charge < -0.3 is 5.32 Å². The first-order valence-electron chi connectivity index (χ1n) is 2.38. The normalized spacial score (nSPS) is 49.3. The zero-order chi connectivity index (χ0) is 5.44. The van der Waals surface area contributed by atoms with Crippen LogP contribution in [-0.2, 0) is 0 Å². The van der Waals surface area contributed by atoms with E-state index in [-0.39, 0.29) is 0 Å². The van der Waals surface area contributed by atoms with E-state index in [1.807, 2.05) is 7.05 Å². The van der Waals surface area contributed by atoms with Gasteiger partial charge in [0.05, 0.1) is 12.2 Å². The molecule has 0 spiro atoms. The van der Waals surface area contributed by atoms with Crippen molar-refractivity contribution in [2.24, 2.45) is 0 Å². The molecule has 7 heavy (non-hydrogen) atoms. The van der Waals surface area contributed by atoms with Crippen molar-refractivity contribution >= 4 is 11.8 Å². The van der Waals surface area contributed by atoms with Gasteiger partial charge in [-0.2, -0.15) is 4.42 Å². The maximum Gasteiger partial charge on any atom is 0.0913 e. The Hall–Kier alpha value is 0.210. The van der Waals surface area contributed by atoms with Crippen LogP contribution in [0.5, 0.6) is 0 Å². The van der Waals surface area contributed by atoms with E-state index in [0.717, 1.165) is 0 Å². The summed E-state index contributed by atoms with van der Waals surface area (Å²) < 4.78 is 1.75. The lowest BCUT2D eigenvalue weighted by atomic mass is 10.5. The predicted molar refractivity (Wildman–Crippen MR) is 30.0 cm³/mol. The largest absolute Gasteiger partial charge is 0.302 e. The van der Waals surface area contributed by atoms with Crippen molar-refractivity contribution in [3.05, 3.63) is 0 Å². The van der Waals surface area contributed by atoms with E-state index in [2.05, 4.69) is 12.2 Å². The van der Waals surface area contributed by atoms with E-state index in [0.29, 0.717) is 12.2 Å². The van der Waals surface area contributed by atoms with Gasteiger partial charge in [0.25, 0.3) is 0 Å². The lowest BCUT2D eigenvalue weighted by Crippen LogP contribution is -2.13. The fraction of sp³-hybridized carbons (Fsp3) is 1.00. The average Bonchev–Trinajstić information content (AvgIpc) is 2.17. The van der Waals surface area contributed by atoms with Crippen molar-refractivity contribution in [3.63, 3.8) is 0 Å². The topological polar surface area (TPSA) is 15.0 Å². The second kappa shape index (κ2) is 1.62. The van der Waals surface area contributed by atoms with Crippen LogP contribution < -0.4 is 5.32 Å². The summed E-state index contributed by atoms with van der Waals surface area (Å²) in [7, 11) is 1.91. The quantitative estimate of drug-likeness (QED) is 0.398. The maximum absolute atomic E-state index is 5.57. The molecule has 1 aliphatic rings. The third-order valence-corrected chi connectivity index (χ3v) is 1.84. The monoisotopic (exact) mass is 120 g/mol. The highest BCUT2D eigenvalue weighted by atomic mass is 35.5. The molecule has 1 heterocycles. The molecule has 0 aromatic carbocycles. The molecule has 0 bridgehead atoms. The summed E-state index contributed by atoms with van der Waals surface area (Å²) in [5.74, 6) is 0. The lowest BCUT2D eigenvalue weighted by Gasteiger charge is -1.84. The van der Waals surface area contributed by atoms with E-state index in [9.17, 15) is 0 Å². The SMILES string of the molecule is CNC1C(C)N1Cl. The average molecular weight is 121 g/mol. The van der Waals surface area contributed by atoms with Crippen molar-refractivity contribution in [3.8, 4) is 0 Å². The van der Waals surface area contributed by atoms with Gasteiger partial charge >= 0.3 is 0 Å². The minimum Gasteiger partial charge on any atom is -0.302 e. The number of nitrogens with zero attached hydrogens (tertiary/aromatic N) is 1. The van der Waals surface area contributed by atoms with Crippen LogP contribution >= 0.6 is 11.8 Å². The van der Waals surface area contributed by atoms with E-state index >= 15 is 0 Å². The Morgan fingerprint density at radius 2 is 2.14 bits per heavy atom. The number of likely N-dealkylation sites (N-methyl/N-ethyl adjacent to an activating group) is 1. The number of hydrogen-bond acceptors (Lipinski definition) is 2. The minimum atomic E-state index is 0.418. The van der Waals surface area contributed by atoms with Crippen LogP contribution in [-0.4, -0.2) is 23.7 Å². The van der Waals surface area contributed by atoms with Crippen LogP contribution in [0.25, 0.3) is 0 Å². The van der Waals surface area contributed by atoms with Crippen LogP contribution in [0.2, 0.25) is 0 Å². The molecule has 42 valence electrons. The van der Waals surface area contributed by atoms with Gasteiger partial charge in [0.2, 0.25) is 0 Å². The first-order valence-corrected chi connectivity index (χ1v) is 2.72. The minimum absolute atomic E-state index is 0.418. The zero-order valence-electron chi connectivity index (χ0n) is 4.48. The Labute approximate surface area is 48.6 Å². The molecule has 2 nitrogen and oxygen atoms in total. The van der Waals surface area contributed by atoms with Crippen molar-refractivity contribution in [1.29, 1.82) is 0 Å². The zero-order valence-corrected chi connectivity index (χ0v) is 5.24. The summed E-state index contributed by atoms with van der Waals surface area (Å²) in [5.41, 5.74) is 0. The molecule has 0 aromatic heterocycles. The summed E-state index contributed by atoms with van der Waals surface area (Å²) in [6.07, 6.45) is 0.418. The molecule has 0 saturated carbocycles. The van der Waals surface area contributed by atoms with Gasteiger partial charge in [-0.15, -0.1) is 0 Å². The third kappa shape index (κ3) is 0.738. The van der Waals surface area contributed by atoms with Gasteiger partial charge in [-0.05, 0) is 25.7 Å². The molecule has 1 aliphatic heterocycles. The van der Waals surface area contributed by atoms with Crippen molar-refractivity contribution < 1.29 is 0 Å². The van der Waals surface area contributed by atoms with E-state index in [1.54, 1.807) is 4.42 Å². The first kappa shape index (κ1) is 5.35. The smallest absolute Gasteiger partial charge is 0.0913 e. The highest BCUT2D eigenvalue weighted by molar-refractivity contribution is 6.15. The fourth-order valence-corrected chi connectivity index (χ4v) is 0.995. The second-order valence-electron chi connectivity index (χ2n) is 1.82. The van der Waals surface area contributed by atoms with Crippen molar-refractivity contribution in [2.75, 3.05) is 7.05 Å². The molecule has 1 rings (SSSR count). The van der Waals surface area contributed by atoms with Crippen LogP contribution in [0, 0.1) is 0 Å². The van der Waals surface area contributed by atoms with Gasteiger partial charge in [0, 0.05) is 0 Å². The van der Waals surface area contributed by atoms with Crippen LogP contribution in [0.15, 0.2) is 0 Å². The van der Waals surface area contributed by atoms with Crippen molar-refractivity contribution in [1.82, 2.24) is 9.74 Å². The predicted octanol–water partition coefficient (Wildman–Crippen LogP) is 0.390. The van der Waals surface area contributed by atoms with Gasteiger partial charge in [0.1, 0.15) is 0 Å². The van der Waals surface area contributed by atoms with Gasteiger partial charge in [-0.1, -0.05) is 0 Å². The number of rotatable bonds is 1. The van der Waals surface area contributed by atoms with E-state index < -0.39 is 0 Å². The Morgan fingerprint density at radius 1 is 1.71 bits per heavy atom. The van der Waals surface area contributed by atoms with Crippen LogP contribution in [0.1, 0.15) is 6.92 Å². The molecule has 0 aliphatic carbocycles. The molecular weight excluding hydrogens is 112 g/mol. The van der Waals surface area contributed by atoms with Crippen LogP contribution in [0.4, 0.5) is 0 Å². The number of nitrogens with one attached hydrogen (secondary N) is 1. The molecule has 3 heteroatoms. The van der Waals surface area contributed by atoms with Gasteiger partial charge in [-0.3, -0.25) is 0 Å². The fourth-order valence-electron chi connectivity index (χ4n) is 0.678. The number of halogens is 1. The highest BCUT2D eigenvalue weighted by Gasteiger charge is 2.41. The van der Waals surface area contributed by atoms with Gasteiger partial charge in [0.15, 0.2) is 0 Å². The second-order valence-corrected chi connectivity index (χ2v) is 2.21. The van der Waals surface area contributed by atoms with Crippen molar-refractivity contribution in [2.45, 2.75) is 19.1 Å². The summed E-state index contributed by atoms with van der Waals surface area (Å²) in [4.78, 5) is 0. The molecule has 3 atom stereocenters. The molecule has 3 unspecified atom stereocenters. The first-order chi connectivity index (χ1) is 3.27. The maximum atomic E-state index is 5.57. The molecule has 0 radical (unpaired) electrons. The summed E-state index contributed by atoms with van der Waals surface area (Å²) >= 11 is 5.57. The summed E-state index contributed by atoms with van der Waals surface area (Å²) in [6.45, 7) is 2.08. The Morgan fingerprint density at radius 3 is 2.14 bits per heavy atom. The van der Waals surface area contributed by atoms with E-state index in [4.69, 9.17) is 11.8 Å². The summed E-state index contributed by atoms with van der Waals surface area (Å²) in [5, 5.41) is 3.03. The molecule has 1 saturated heterocycles. The Balaban J connectivity index is 2.24. The Bertz CT molecular complexity index is 68.1. The van der Waals surface area contributed by atoms with E-state index in [1.165, 1.54) is 0 Å². The molecule has 0 amide bonds. The summed E-state index contributed by atoms with van der Waals surface area (Å²) in [6, 6.07) is 0.520.